The molecule has 6 nitrogen and oxygen atoms in total. The predicted octanol–water partition coefficient (Wildman–Crippen LogP) is 1.05. The van der Waals surface area contributed by atoms with Crippen LogP contribution in [0.25, 0.3) is 0 Å². The highest BCUT2D eigenvalue weighted by Crippen LogP contribution is 2.21. The summed E-state index contributed by atoms with van der Waals surface area (Å²) >= 11 is 0. The maximum atomic E-state index is 12.6. The molecule has 2 heterocycles. The van der Waals surface area contributed by atoms with Crippen molar-refractivity contribution in [2.24, 2.45) is 5.73 Å². The predicted molar refractivity (Wildman–Crippen MR) is 78.8 cm³/mol. The van der Waals surface area contributed by atoms with Crippen LogP contribution >= 0.6 is 0 Å². The minimum Gasteiger partial charge on any atom is -0.469 e. The molecule has 0 bridgehead atoms. The van der Waals surface area contributed by atoms with Gasteiger partial charge in [-0.1, -0.05) is 0 Å². The minimum absolute atomic E-state index is 0.0148. The molecule has 1 unspecified atom stereocenters. The molecule has 1 aromatic rings. The van der Waals surface area contributed by atoms with E-state index in [4.69, 9.17) is 10.2 Å². The van der Waals surface area contributed by atoms with E-state index in [1.54, 1.807) is 13.0 Å². The van der Waals surface area contributed by atoms with Crippen LogP contribution in [-0.2, 0) is 4.79 Å². The first-order chi connectivity index (χ1) is 10.1. The van der Waals surface area contributed by atoms with E-state index in [0.29, 0.717) is 30.8 Å². The fraction of sp³-hybridized carbons (Fsp3) is 0.600. The number of piperidine rings is 1. The highest BCUT2D eigenvalue weighted by atomic mass is 16.3. The maximum absolute atomic E-state index is 12.6. The largest absolute Gasteiger partial charge is 0.469 e. The van der Waals surface area contributed by atoms with Gasteiger partial charge in [0.2, 0.25) is 5.91 Å². The second kappa shape index (κ2) is 7.26. The second-order valence-electron chi connectivity index (χ2n) is 5.38. The molecule has 1 aliphatic rings. The van der Waals surface area contributed by atoms with Gasteiger partial charge >= 0.3 is 0 Å². The molecule has 1 aliphatic heterocycles. The van der Waals surface area contributed by atoms with Gasteiger partial charge in [0.15, 0.2) is 0 Å². The SMILES string of the molecule is Cc1occc1C(=O)N1CCCCC1CNC(=O)CCN. The Kier molecular flexibility index (Phi) is 5.38. The van der Waals surface area contributed by atoms with E-state index >= 15 is 0 Å². The number of carbonyl (C=O) groups excluding carboxylic acids is 2. The van der Waals surface area contributed by atoms with Gasteiger partial charge in [-0.15, -0.1) is 0 Å². The van der Waals surface area contributed by atoms with E-state index < -0.39 is 0 Å². The summed E-state index contributed by atoms with van der Waals surface area (Å²) in [5.41, 5.74) is 5.97. The smallest absolute Gasteiger partial charge is 0.257 e. The third-order valence-corrected chi connectivity index (χ3v) is 3.88. The summed E-state index contributed by atoms with van der Waals surface area (Å²) in [4.78, 5) is 26.0. The Bertz CT molecular complexity index is 498. The van der Waals surface area contributed by atoms with Gasteiger partial charge in [0.05, 0.1) is 11.8 Å². The van der Waals surface area contributed by atoms with E-state index in [1.165, 1.54) is 6.26 Å². The molecule has 0 radical (unpaired) electrons. The zero-order valence-electron chi connectivity index (χ0n) is 12.4. The maximum Gasteiger partial charge on any atom is 0.257 e. The molecule has 0 aromatic carbocycles. The average Bonchev–Trinajstić information content (AvgIpc) is 2.91. The summed E-state index contributed by atoms with van der Waals surface area (Å²) in [5, 5.41) is 2.86. The van der Waals surface area contributed by atoms with Gasteiger partial charge in [0.1, 0.15) is 5.76 Å². The van der Waals surface area contributed by atoms with Crippen LogP contribution in [0.5, 0.6) is 0 Å². The Balaban J connectivity index is 2.00. The van der Waals surface area contributed by atoms with Crippen LogP contribution < -0.4 is 11.1 Å². The number of hydrogen-bond donors (Lipinski definition) is 2. The molecule has 1 saturated heterocycles. The molecule has 1 aromatic heterocycles. The fourth-order valence-corrected chi connectivity index (χ4v) is 2.69. The Morgan fingerprint density at radius 1 is 1.48 bits per heavy atom. The van der Waals surface area contributed by atoms with Gasteiger partial charge in [-0.2, -0.15) is 0 Å². The molecule has 0 aliphatic carbocycles. The second-order valence-corrected chi connectivity index (χ2v) is 5.38. The number of carbonyl (C=O) groups is 2. The van der Waals surface area contributed by atoms with E-state index in [2.05, 4.69) is 5.32 Å². The number of aryl methyl sites for hydroxylation is 1. The highest BCUT2D eigenvalue weighted by Gasteiger charge is 2.29. The van der Waals surface area contributed by atoms with Crippen LogP contribution in [0.15, 0.2) is 16.7 Å². The third-order valence-electron chi connectivity index (χ3n) is 3.88. The van der Waals surface area contributed by atoms with Crippen LogP contribution in [0, 0.1) is 6.92 Å². The van der Waals surface area contributed by atoms with Crippen molar-refractivity contribution in [3.63, 3.8) is 0 Å². The Labute approximate surface area is 124 Å². The minimum atomic E-state index is -0.0602. The van der Waals surface area contributed by atoms with Crippen LogP contribution in [0.3, 0.4) is 0 Å². The van der Waals surface area contributed by atoms with Crippen LogP contribution in [0.4, 0.5) is 0 Å². The first-order valence-electron chi connectivity index (χ1n) is 7.45. The zero-order chi connectivity index (χ0) is 15.2. The number of rotatable bonds is 5. The fourth-order valence-electron chi connectivity index (χ4n) is 2.69. The zero-order valence-corrected chi connectivity index (χ0v) is 12.4. The Hall–Kier alpha value is -1.82. The van der Waals surface area contributed by atoms with Gasteiger partial charge in [0.25, 0.3) is 5.91 Å². The number of nitrogens with one attached hydrogen (secondary N) is 1. The van der Waals surface area contributed by atoms with Crippen molar-refractivity contribution in [3.8, 4) is 0 Å². The molecule has 0 saturated carbocycles. The number of likely N-dealkylation sites (tertiary alicyclic amines) is 1. The number of amides is 2. The van der Waals surface area contributed by atoms with Gasteiger partial charge in [0, 0.05) is 32.1 Å². The highest BCUT2D eigenvalue weighted by molar-refractivity contribution is 5.95. The van der Waals surface area contributed by atoms with Crippen molar-refractivity contribution >= 4 is 11.8 Å². The summed E-state index contributed by atoms with van der Waals surface area (Å²) < 4.78 is 5.21. The molecule has 3 N–H and O–H groups in total. The van der Waals surface area contributed by atoms with Crippen LogP contribution in [-0.4, -0.2) is 42.4 Å². The Morgan fingerprint density at radius 3 is 2.95 bits per heavy atom. The molecule has 0 spiro atoms. The lowest BCUT2D eigenvalue weighted by Gasteiger charge is -2.35. The van der Waals surface area contributed by atoms with Crippen molar-refractivity contribution in [2.75, 3.05) is 19.6 Å². The van der Waals surface area contributed by atoms with E-state index in [1.807, 2.05) is 4.90 Å². The quantitative estimate of drug-likeness (QED) is 0.849. The lowest BCUT2D eigenvalue weighted by atomic mass is 10.0. The normalized spacial score (nSPS) is 18.6. The Morgan fingerprint density at radius 2 is 2.29 bits per heavy atom. The molecule has 1 atom stereocenters. The van der Waals surface area contributed by atoms with Crippen LogP contribution in [0.1, 0.15) is 41.8 Å². The van der Waals surface area contributed by atoms with Crippen molar-refractivity contribution in [3.05, 3.63) is 23.7 Å². The van der Waals surface area contributed by atoms with Crippen molar-refractivity contribution in [1.29, 1.82) is 0 Å². The van der Waals surface area contributed by atoms with Crippen molar-refractivity contribution in [1.82, 2.24) is 10.2 Å². The molecular formula is C15H23N3O3. The summed E-state index contributed by atoms with van der Waals surface area (Å²) in [6, 6.07) is 1.75. The molecule has 21 heavy (non-hydrogen) atoms. The lowest BCUT2D eigenvalue weighted by molar-refractivity contribution is -0.121. The van der Waals surface area contributed by atoms with Crippen molar-refractivity contribution in [2.45, 2.75) is 38.6 Å². The summed E-state index contributed by atoms with van der Waals surface area (Å²) in [5.74, 6) is 0.561. The molecule has 2 rings (SSSR count). The standard InChI is InChI=1S/C15H23N3O3/c1-11-13(6-9-21-11)15(20)18-8-3-2-4-12(18)10-17-14(19)5-7-16/h6,9,12H,2-5,7-8,10,16H2,1H3,(H,17,19). The number of hydrogen-bond acceptors (Lipinski definition) is 4. The van der Waals surface area contributed by atoms with Crippen LogP contribution in [0.2, 0.25) is 0 Å². The monoisotopic (exact) mass is 293 g/mol. The molecular weight excluding hydrogens is 270 g/mol. The molecule has 116 valence electrons. The topological polar surface area (TPSA) is 88.6 Å². The van der Waals surface area contributed by atoms with E-state index in [9.17, 15) is 9.59 Å². The van der Waals surface area contributed by atoms with Gasteiger partial charge in [-0.3, -0.25) is 9.59 Å². The van der Waals surface area contributed by atoms with Gasteiger partial charge in [-0.25, -0.2) is 0 Å². The summed E-state index contributed by atoms with van der Waals surface area (Å²) in [7, 11) is 0. The molecule has 1 fully saturated rings. The number of nitrogens with zero attached hydrogens (tertiary/aromatic N) is 1. The van der Waals surface area contributed by atoms with Gasteiger partial charge < -0.3 is 20.4 Å². The first kappa shape index (κ1) is 15.6. The third kappa shape index (κ3) is 3.85. The van der Waals surface area contributed by atoms with E-state index in [-0.39, 0.29) is 17.9 Å². The van der Waals surface area contributed by atoms with Crippen molar-refractivity contribution < 1.29 is 14.0 Å². The number of nitrogens with two attached hydrogens (primary N) is 1. The van der Waals surface area contributed by atoms with Gasteiger partial charge in [-0.05, 0) is 32.3 Å². The first-order valence-corrected chi connectivity index (χ1v) is 7.45. The molecule has 6 heteroatoms. The number of furan rings is 1. The summed E-state index contributed by atoms with van der Waals surface area (Å²) in [6.07, 6.45) is 4.83. The van der Waals surface area contributed by atoms with E-state index in [0.717, 1.165) is 25.8 Å². The lowest BCUT2D eigenvalue weighted by Crippen LogP contribution is -2.49. The molecule has 2 amide bonds. The summed E-state index contributed by atoms with van der Waals surface area (Å²) in [6.45, 7) is 3.34. The average molecular weight is 293 g/mol.